The lowest BCUT2D eigenvalue weighted by Gasteiger charge is -2.21. The van der Waals surface area contributed by atoms with Crippen molar-refractivity contribution >= 4 is 29.9 Å². The molecule has 0 radical (unpaired) electrons. The van der Waals surface area contributed by atoms with Crippen LogP contribution in [0.2, 0.25) is 0 Å². The Balaban J connectivity index is 0. The van der Waals surface area contributed by atoms with Gasteiger partial charge in [-0.3, -0.25) is 4.99 Å². The normalized spacial score (nSPS) is 12.2. The van der Waals surface area contributed by atoms with Crippen LogP contribution in [0.1, 0.15) is 41.0 Å². The minimum absolute atomic E-state index is 0. The summed E-state index contributed by atoms with van der Waals surface area (Å²) in [5.74, 6) is 1.43. The molecule has 0 aliphatic heterocycles. The Hall–Kier alpha value is -0.0800. The van der Waals surface area contributed by atoms with Crippen LogP contribution in [0, 0.1) is 5.92 Å². The van der Waals surface area contributed by atoms with Gasteiger partial charge in [0.25, 0.3) is 0 Å². The minimum atomic E-state index is -0.233. The SMILES string of the molecule is CCNC(=NCC(C)(C)OC)NCCCOCC(C)C.I. The van der Waals surface area contributed by atoms with Crippen LogP contribution in [0.5, 0.6) is 0 Å². The first-order valence-electron chi connectivity index (χ1n) is 7.56. The predicted molar refractivity (Wildman–Crippen MR) is 101 cm³/mol. The van der Waals surface area contributed by atoms with Gasteiger partial charge in [0.2, 0.25) is 0 Å². The molecule has 0 aromatic rings. The third-order valence-corrected chi connectivity index (χ3v) is 2.72. The van der Waals surface area contributed by atoms with E-state index in [0.29, 0.717) is 12.5 Å². The fourth-order valence-corrected chi connectivity index (χ4v) is 1.38. The van der Waals surface area contributed by atoms with Crippen LogP contribution < -0.4 is 10.6 Å². The predicted octanol–water partition coefficient (Wildman–Crippen LogP) is 2.65. The highest BCUT2D eigenvalue weighted by atomic mass is 127. The summed E-state index contributed by atoms with van der Waals surface area (Å²) in [7, 11) is 1.71. The maximum Gasteiger partial charge on any atom is 0.191 e. The maximum absolute atomic E-state index is 5.55. The van der Waals surface area contributed by atoms with Crippen molar-refractivity contribution in [1.82, 2.24) is 10.6 Å². The summed E-state index contributed by atoms with van der Waals surface area (Å²) in [6.45, 7) is 14.4. The Morgan fingerprint density at radius 2 is 1.90 bits per heavy atom. The molecule has 0 amide bonds. The van der Waals surface area contributed by atoms with E-state index in [4.69, 9.17) is 9.47 Å². The first-order chi connectivity index (χ1) is 9.41. The van der Waals surface area contributed by atoms with Gasteiger partial charge in [0, 0.05) is 33.4 Å². The maximum atomic E-state index is 5.55. The number of halogens is 1. The van der Waals surface area contributed by atoms with E-state index < -0.39 is 0 Å². The number of nitrogens with zero attached hydrogens (tertiary/aromatic N) is 1. The summed E-state index contributed by atoms with van der Waals surface area (Å²) in [6.07, 6.45) is 0.977. The molecule has 0 aromatic heterocycles. The fraction of sp³-hybridized carbons (Fsp3) is 0.933. The second-order valence-corrected chi connectivity index (χ2v) is 5.91. The zero-order chi connectivity index (χ0) is 15.4. The van der Waals surface area contributed by atoms with E-state index in [1.54, 1.807) is 7.11 Å². The molecule has 0 spiro atoms. The number of methoxy groups -OCH3 is 1. The van der Waals surface area contributed by atoms with E-state index >= 15 is 0 Å². The number of ether oxygens (including phenoxy) is 2. The van der Waals surface area contributed by atoms with Crippen LogP contribution in [0.25, 0.3) is 0 Å². The van der Waals surface area contributed by atoms with Gasteiger partial charge in [-0.05, 0) is 33.1 Å². The number of hydrogen-bond acceptors (Lipinski definition) is 3. The zero-order valence-corrected chi connectivity index (χ0v) is 16.8. The molecule has 0 atom stereocenters. The molecule has 2 N–H and O–H groups in total. The van der Waals surface area contributed by atoms with E-state index in [0.717, 1.165) is 38.7 Å². The van der Waals surface area contributed by atoms with Gasteiger partial charge in [0.1, 0.15) is 0 Å². The van der Waals surface area contributed by atoms with Crippen LogP contribution in [-0.2, 0) is 9.47 Å². The molecule has 0 saturated carbocycles. The number of aliphatic imine (C=N–C) groups is 1. The molecule has 0 aliphatic rings. The number of hydrogen-bond donors (Lipinski definition) is 2. The lowest BCUT2D eigenvalue weighted by molar-refractivity contribution is 0.0310. The summed E-state index contributed by atoms with van der Waals surface area (Å²) in [6, 6.07) is 0. The fourth-order valence-electron chi connectivity index (χ4n) is 1.38. The monoisotopic (exact) mass is 415 g/mol. The Bertz CT molecular complexity index is 272. The quantitative estimate of drug-likeness (QED) is 0.249. The number of guanidine groups is 1. The molecule has 0 aromatic carbocycles. The van der Waals surface area contributed by atoms with Crippen molar-refractivity contribution in [3.8, 4) is 0 Å². The molecule has 0 rings (SSSR count). The lowest BCUT2D eigenvalue weighted by Crippen LogP contribution is -2.39. The van der Waals surface area contributed by atoms with Crippen molar-refractivity contribution in [1.29, 1.82) is 0 Å². The molecule has 6 heteroatoms. The summed E-state index contributed by atoms with van der Waals surface area (Å²) in [5, 5.41) is 6.54. The topological polar surface area (TPSA) is 54.9 Å². The van der Waals surface area contributed by atoms with Crippen LogP contribution in [0.4, 0.5) is 0 Å². The minimum Gasteiger partial charge on any atom is -0.381 e. The second kappa shape index (κ2) is 13.6. The number of nitrogens with one attached hydrogen (secondary N) is 2. The van der Waals surface area contributed by atoms with Crippen molar-refractivity contribution in [2.45, 2.75) is 46.6 Å². The van der Waals surface area contributed by atoms with Gasteiger partial charge >= 0.3 is 0 Å². The molecule has 21 heavy (non-hydrogen) atoms. The summed E-state index contributed by atoms with van der Waals surface area (Å²) < 4.78 is 10.9. The summed E-state index contributed by atoms with van der Waals surface area (Å²) in [4.78, 5) is 4.53. The molecule has 0 bridgehead atoms. The highest BCUT2D eigenvalue weighted by Gasteiger charge is 2.15. The van der Waals surface area contributed by atoms with Crippen LogP contribution in [-0.4, -0.2) is 51.5 Å². The van der Waals surface area contributed by atoms with Gasteiger partial charge in [-0.2, -0.15) is 0 Å². The Morgan fingerprint density at radius 3 is 2.43 bits per heavy atom. The highest BCUT2D eigenvalue weighted by molar-refractivity contribution is 14.0. The van der Waals surface area contributed by atoms with Gasteiger partial charge in [0.15, 0.2) is 5.96 Å². The third-order valence-electron chi connectivity index (χ3n) is 2.72. The first kappa shape index (κ1) is 23.2. The van der Waals surface area contributed by atoms with E-state index in [1.807, 2.05) is 13.8 Å². The van der Waals surface area contributed by atoms with E-state index in [2.05, 4.69) is 36.4 Å². The van der Waals surface area contributed by atoms with Crippen molar-refractivity contribution in [3.05, 3.63) is 0 Å². The average molecular weight is 415 g/mol. The average Bonchev–Trinajstić information content (AvgIpc) is 2.39. The molecule has 0 aliphatic carbocycles. The van der Waals surface area contributed by atoms with Gasteiger partial charge in [0.05, 0.1) is 12.1 Å². The first-order valence-corrected chi connectivity index (χ1v) is 7.56. The van der Waals surface area contributed by atoms with Crippen molar-refractivity contribution in [2.24, 2.45) is 10.9 Å². The van der Waals surface area contributed by atoms with Crippen molar-refractivity contribution < 1.29 is 9.47 Å². The van der Waals surface area contributed by atoms with Crippen LogP contribution in [0.3, 0.4) is 0 Å². The van der Waals surface area contributed by atoms with Gasteiger partial charge in [-0.25, -0.2) is 0 Å². The molecular formula is C15H34IN3O2. The Labute approximate surface area is 147 Å². The van der Waals surface area contributed by atoms with Gasteiger partial charge in [-0.1, -0.05) is 13.8 Å². The van der Waals surface area contributed by atoms with Gasteiger partial charge < -0.3 is 20.1 Å². The van der Waals surface area contributed by atoms with Gasteiger partial charge in [-0.15, -0.1) is 24.0 Å². The molecule has 5 nitrogen and oxygen atoms in total. The van der Waals surface area contributed by atoms with Crippen molar-refractivity contribution in [2.75, 3.05) is 40.0 Å². The standard InChI is InChI=1S/C15H33N3O2.HI/c1-7-16-14(18-12-15(4,5)19-6)17-9-8-10-20-11-13(2)3;/h13H,7-12H2,1-6H3,(H2,16,17,18);1H. The van der Waals surface area contributed by atoms with E-state index in [-0.39, 0.29) is 29.6 Å². The smallest absolute Gasteiger partial charge is 0.191 e. The Kier molecular flexibility index (Phi) is 15.0. The molecular weight excluding hydrogens is 381 g/mol. The highest BCUT2D eigenvalue weighted by Crippen LogP contribution is 2.06. The summed E-state index contributed by atoms with van der Waals surface area (Å²) >= 11 is 0. The zero-order valence-electron chi connectivity index (χ0n) is 14.5. The molecule has 0 fully saturated rings. The second-order valence-electron chi connectivity index (χ2n) is 5.91. The molecule has 0 saturated heterocycles. The Morgan fingerprint density at radius 1 is 1.24 bits per heavy atom. The molecule has 0 unspecified atom stereocenters. The van der Waals surface area contributed by atoms with E-state index in [9.17, 15) is 0 Å². The largest absolute Gasteiger partial charge is 0.381 e. The van der Waals surface area contributed by atoms with Crippen molar-refractivity contribution in [3.63, 3.8) is 0 Å². The molecule has 128 valence electrons. The van der Waals surface area contributed by atoms with Crippen LogP contribution >= 0.6 is 24.0 Å². The lowest BCUT2D eigenvalue weighted by atomic mass is 10.1. The summed E-state index contributed by atoms with van der Waals surface area (Å²) in [5.41, 5.74) is -0.233. The van der Waals surface area contributed by atoms with Crippen LogP contribution in [0.15, 0.2) is 4.99 Å². The number of rotatable bonds is 10. The molecule has 0 heterocycles. The third kappa shape index (κ3) is 14.6. The van der Waals surface area contributed by atoms with E-state index in [1.165, 1.54) is 0 Å².